The van der Waals surface area contributed by atoms with Crippen LogP contribution in [-0.2, 0) is 29.1 Å². The number of ether oxygens (including phenoxy) is 1. The molecule has 0 spiro atoms. The summed E-state index contributed by atoms with van der Waals surface area (Å²) in [5.41, 5.74) is 5.05. The van der Waals surface area contributed by atoms with Crippen molar-refractivity contribution in [2.75, 3.05) is 6.61 Å². The third-order valence-corrected chi connectivity index (χ3v) is 8.15. The molecule has 8 bridgehead atoms. The Balaban J connectivity index is 1.50. The SMILES string of the molecule is CC1(O)Cc2ccc3c(cccc3c2)CSSCc2cccc3cc(ccc23)CCO1. The van der Waals surface area contributed by atoms with Gasteiger partial charge >= 0.3 is 0 Å². The molecular weight excluding hydrogens is 420 g/mol. The van der Waals surface area contributed by atoms with Crippen LogP contribution in [0, 0.1) is 0 Å². The Morgan fingerprint density at radius 1 is 0.774 bits per heavy atom. The highest BCUT2D eigenvalue weighted by Crippen LogP contribution is 2.34. The van der Waals surface area contributed by atoms with Crippen LogP contribution in [0.25, 0.3) is 21.5 Å². The fraction of sp³-hybridized carbons (Fsp3) is 0.259. The minimum absolute atomic E-state index is 0.471. The van der Waals surface area contributed by atoms with E-state index in [2.05, 4.69) is 72.8 Å². The molecule has 1 N–H and O–H groups in total. The summed E-state index contributed by atoms with van der Waals surface area (Å²) in [6, 6.07) is 26.2. The maximum atomic E-state index is 10.8. The Morgan fingerprint density at radius 3 is 2.00 bits per heavy atom. The van der Waals surface area contributed by atoms with Gasteiger partial charge < -0.3 is 9.84 Å². The Bertz CT molecular complexity index is 1230. The largest absolute Gasteiger partial charge is 0.365 e. The molecule has 4 aliphatic heterocycles. The van der Waals surface area contributed by atoms with Crippen LogP contribution >= 0.6 is 21.6 Å². The van der Waals surface area contributed by atoms with Gasteiger partial charge in [-0.05, 0) is 57.1 Å². The molecular formula is C27H26O2S2. The molecule has 4 heterocycles. The van der Waals surface area contributed by atoms with Crippen LogP contribution in [0.4, 0.5) is 0 Å². The summed E-state index contributed by atoms with van der Waals surface area (Å²) >= 11 is 0. The molecule has 1 unspecified atom stereocenters. The number of rotatable bonds is 0. The van der Waals surface area contributed by atoms with E-state index in [-0.39, 0.29) is 0 Å². The molecule has 0 aliphatic carbocycles. The lowest BCUT2D eigenvalue weighted by Crippen LogP contribution is -2.31. The van der Waals surface area contributed by atoms with Crippen molar-refractivity contribution in [3.05, 3.63) is 95.1 Å². The molecule has 0 radical (unpaired) electrons. The molecule has 1 atom stereocenters. The van der Waals surface area contributed by atoms with Crippen molar-refractivity contribution in [3.63, 3.8) is 0 Å². The van der Waals surface area contributed by atoms with Gasteiger partial charge in [0.15, 0.2) is 5.79 Å². The highest BCUT2D eigenvalue weighted by Gasteiger charge is 2.22. The van der Waals surface area contributed by atoms with E-state index in [1.807, 2.05) is 21.6 Å². The molecule has 8 rings (SSSR count). The van der Waals surface area contributed by atoms with Gasteiger partial charge in [0.25, 0.3) is 0 Å². The van der Waals surface area contributed by atoms with Crippen molar-refractivity contribution in [2.45, 2.75) is 37.1 Å². The van der Waals surface area contributed by atoms with Gasteiger partial charge in [-0.25, -0.2) is 0 Å². The summed E-state index contributed by atoms with van der Waals surface area (Å²) in [4.78, 5) is 0. The van der Waals surface area contributed by atoms with E-state index in [1.165, 1.54) is 38.2 Å². The molecule has 4 aromatic rings. The predicted molar refractivity (Wildman–Crippen MR) is 134 cm³/mol. The molecule has 0 fully saturated rings. The molecule has 2 nitrogen and oxygen atoms in total. The van der Waals surface area contributed by atoms with Crippen molar-refractivity contribution in [2.24, 2.45) is 0 Å². The smallest absolute Gasteiger partial charge is 0.166 e. The molecule has 31 heavy (non-hydrogen) atoms. The van der Waals surface area contributed by atoms with Gasteiger partial charge in [0.05, 0.1) is 6.61 Å². The quantitative estimate of drug-likeness (QED) is 0.298. The second kappa shape index (κ2) is 8.87. The summed E-state index contributed by atoms with van der Waals surface area (Å²) < 4.78 is 5.91. The topological polar surface area (TPSA) is 29.5 Å². The fourth-order valence-electron chi connectivity index (χ4n) is 4.35. The molecule has 0 saturated carbocycles. The van der Waals surface area contributed by atoms with Crippen molar-refractivity contribution >= 4 is 43.1 Å². The van der Waals surface area contributed by atoms with Gasteiger partial charge in [0.1, 0.15) is 0 Å². The van der Waals surface area contributed by atoms with E-state index in [0.29, 0.717) is 13.0 Å². The van der Waals surface area contributed by atoms with Gasteiger partial charge in [-0.3, -0.25) is 0 Å². The predicted octanol–water partition coefficient (Wildman–Crippen LogP) is 6.90. The fourth-order valence-corrected chi connectivity index (χ4v) is 6.53. The first kappa shape index (κ1) is 20.9. The average Bonchev–Trinajstić information content (AvgIpc) is 2.75. The molecule has 4 aliphatic rings. The zero-order chi connectivity index (χ0) is 21.3. The van der Waals surface area contributed by atoms with E-state index in [4.69, 9.17) is 4.74 Å². The summed E-state index contributed by atoms with van der Waals surface area (Å²) in [6.45, 7) is 2.25. The van der Waals surface area contributed by atoms with Crippen molar-refractivity contribution < 1.29 is 9.84 Å². The Kier molecular flexibility index (Phi) is 5.98. The van der Waals surface area contributed by atoms with Gasteiger partial charge in [0.2, 0.25) is 0 Å². The van der Waals surface area contributed by atoms with Crippen molar-refractivity contribution in [1.82, 2.24) is 0 Å². The Labute approximate surface area is 191 Å². The maximum absolute atomic E-state index is 10.8. The number of aliphatic hydroxyl groups is 1. The summed E-state index contributed by atoms with van der Waals surface area (Å²) in [5, 5.41) is 15.9. The number of hydrogen-bond acceptors (Lipinski definition) is 4. The second-order valence-electron chi connectivity index (χ2n) is 8.42. The number of benzene rings is 4. The average molecular weight is 447 g/mol. The van der Waals surface area contributed by atoms with E-state index in [9.17, 15) is 5.11 Å². The van der Waals surface area contributed by atoms with E-state index in [1.54, 1.807) is 6.92 Å². The highest BCUT2D eigenvalue weighted by atomic mass is 33.1. The molecule has 0 amide bonds. The lowest BCUT2D eigenvalue weighted by Gasteiger charge is -2.24. The molecule has 4 aromatic carbocycles. The van der Waals surface area contributed by atoms with Gasteiger partial charge in [-0.15, -0.1) is 0 Å². The highest BCUT2D eigenvalue weighted by molar-refractivity contribution is 8.76. The number of hydrogen-bond donors (Lipinski definition) is 1. The second-order valence-corrected chi connectivity index (χ2v) is 10.9. The molecule has 158 valence electrons. The maximum Gasteiger partial charge on any atom is 0.166 e. The van der Waals surface area contributed by atoms with Gasteiger partial charge in [-0.2, -0.15) is 0 Å². The summed E-state index contributed by atoms with van der Waals surface area (Å²) in [5.74, 6) is 0.768. The standard InChI is InChI=1S/C27H26O2S2/c1-27(28)16-20-9-11-26-22(15-20)5-3-7-24(26)18-31-30-17-23-6-2-4-21-14-19(12-13-29-27)8-10-25(21)23/h2-11,14-15,28H,12-13,16-18H2,1H3. The Hall–Kier alpha value is -1.98. The van der Waals surface area contributed by atoms with Crippen LogP contribution in [-0.4, -0.2) is 17.5 Å². The molecule has 4 heteroatoms. The zero-order valence-electron chi connectivity index (χ0n) is 17.6. The van der Waals surface area contributed by atoms with E-state index in [0.717, 1.165) is 23.5 Å². The lowest BCUT2D eigenvalue weighted by atomic mass is 9.99. The van der Waals surface area contributed by atoms with Crippen molar-refractivity contribution in [3.8, 4) is 0 Å². The van der Waals surface area contributed by atoms with Crippen LogP contribution in [0.15, 0.2) is 72.8 Å². The summed E-state index contributed by atoms with van der Waals surface area (Å²) in [6.07, 6.45) is 1.25. The monoisotopic (exact) mass is 446 g/mol. The minimum atomic E-state index is -1.19. The Morgan fingerprint density at radius 2 is 1.35 bits per heavy atom. The van der Waals surface area contributed by atoms with Gasteiger partial charge in [0, 0.05) is 17.9 Å². The normalized spacial score (nSPS) is 20.3. The van der Waals surface area contributed by atoms with E-state index < -0.39 is 5.79 Å². The molecule has 0 saturated heterocycles. The van der Waals surface area contributed by atoms with E-state index >= 15 is 0 Å². The lowest BCUT2D eigenvalue weighted by molar-refractivity contribution is -0.187. The van der Waals surface area contributed by atoms with Crippen LogP contribution in [0.2, 0.25) is 0 Å². The third-order valence-electron chi connectivity index (χ3n) is 5.92. The third kappa shape index (κ3) is 4.78. The minimum Gasteiger partial charge on any atom is -0.365 e. The van der Waals surface area contributed by atoms with Crippen LogP contribution < -0.4 is 0 Å². The van der Waals surface area contributed by atoms with Crippen molar-refractivity contribution in [1.29, 1.82) is 0 Å². The van der Waals surface area contributed by atoms with Crippen LogP contribution in [0.5, 0.6) is 0 Å². The first-order valence-corrected chi connectivity index (χ1v) is 13.2. The van der Waals surface area contributed by atoms with Gasteiger partial charge in [-0.1, -0.05) is 94.4 Å². The van der Waals surface area contributed by atoms with Crippen LogP contribution in [0.1, 0.15) is 29.2 Å². The first-order valence-electron chi connectivity index (χ1n) is 10.7. The van der Waals surface area contributed by atoms with Crippen LogP contribution in [0.3, 0.4) is 0 Å². The zero-order valence-corrected chi connectivity index (χ0v) is 19.3. The first-order chi connectivity index (χ1) is 15.1. The molecule has 0 aromatic heterocycles. The summed E-state index contributed by atoms with van der Waals surface area (Å²) in [7, 11) is 3.83.